The number of fused-ring (bicyclic) bond motifs is 1. The Morgan fingerprint density at radius 1 is 0.875 bits per heavy atom. The molecule has 0 saturated carbocycles. The number of benzene rings is 3. The lowest BCUT2D eigenvalue weighted by molar-refractivity contribution is 0.0923. The molecule has 0 spiro atoms. The summed E-state index contributed by atoms with van der Waals surface area (Å²) in [5.74, 6) is -1.37. The van der Waals surface area contributed by atoms with Crippen molar-refractivity contribution in [2.45, 2.75) is 6.92 Å². The monoisotopic (exact) mass is 702 g/mol. The molecule has 3 aromatic rings. The second-order valence-electron chi connectivity index (χ2n) is 6.92. The molecule has 0 unspecified atom stereocenters. The van der Waals surface area contributed by atoms with Crippen LogP contribution in [-0.4, -0.2) is 17.7 Å². The average molecular weight is 706 g/mol. The fourth-order valence-electron chi connectivity index (χ4n) is 3.29. The maximum absolute atomic E-state index is 13.2. The number of nitrogens with zero attached hydrogens (tertiary/aromatic N) is 1. The molecular formula is C22H11Br4ClN2O3. The highest BCUT2D eigenvalue weighted by atomic mass is 79.9. The van der Waals surface area contributed by atoms with Crippen LogP contribution in [0.15, 0.2) is 60.4 Å². The van der Waals surface area contributed by atoms with E-state index in [1.165, 1.54) is 6.07 Å². The first-order valence-electron chi connectivity index (χ1n) is 9.04. The maximum atomic E-state index is 13.2. The van der Waals surface area contributed by atoms with E-state index in [1.54, 1.807) is 36.4 Å². The standard InChI is InChI=1S/C22H11Br4ClN2O3/c1-9-5-6-11(27)8-13(9)28-20(30)10-3-2-4-12(7-10)29-21(31)14-15(22(29)32)17(24)19(26)18(25)16(14)23/h2-8H,1H3,(H,28,30). The number of nitrogens with one attached hydrogen (secondary N) is 1. The number of aryl methyl sites for hydroxylation is 1. The number of rotatable bonds is 3. The van der Waals surface area contributed by atoms with Crippen molar-refractivity contribution in [3.05, 3.63) is 87.6 Å². The molecule has 3 aromatic carbocycles. The van der Waals surface area contributed by atoms with Crippen LogP contribution in [0.1, 0.15) is 36.6 Å². The zero-order valence-electron chi connectivity index (χ0n) is 16.1. The van der Waals surface area contributed by atoms with Gasteiger partial charge in [0.2, 0.25) is 0 Å². The van der Waals surface area contributed by atoms with Crippen molar-refractivity contribution in [3.8, 4) is 0 Å². The van der Waals surface area contributed by atoms with E-state index < -0.39 is 11.8 Å². The van der Waals surface area contributed by atoms with Gasteiger partial charge in [0.05, 0.1) is 16.8 Å². The first-order valence-corrected chi connectivity index (χ1v) is 12.6. The molecular weight excluding hydrogens is 695 g/mol. The van der Waals surface area contributed by atoms with Crippen LogP contribution in [-0.2, 0) is 0 Å². The summed E-state index contributed by atoms with van der Waals surface area (Å²) < 4.78 is 2.15. The molecule has 1 heterocycles. The van der Waals surface area contributed by atoms with Crippen molar-refractivity contribution < 1.29 is 14.4 Å². The van der Waals surface area contributed by atoms with Gasteiger partial charge in [-0.1, -0.05) is 23.7 Å². The van der Waals surface area contributed by atoms with Crippen LogP contribution in [0, 0.1) is 6.92 Å². The molecule has 0 bridgehead atoms. The Balaban J connectivity index is 1.71. The highest BCUT2D eigenvalue weighted by Gasteiger charge is 2.42. The van der Waals surface area contributed by atoms with E-state index in [1.807, 2.05) is 6.92 Å². The highest BCUT2D eigenvalue weighted by Crippen LogP contribution is 2.46. The number of hydrogen-bond donors (Lipinski definition) is 1. The number of hydrogen-bond acceptors (Lipinski definition) is 3. The van der Waals surface area contributed by atoms with Gasteiger partial charge in [-0.25, -0.2) is 4.90 Å². The van der Waals surface area contributed by atoms with Crippen LogP contribution in [0.25, 0.3) is 0 Å². The van der Waals surface area contributed by atoms with Gasteiger partial charge in [-0.15, -0.1) is 0 Å². The third-order valence-electron chi connectivity index (χ3n) is 4.92. The summed E-state index contributed by atoms with van der Waals surface area (Å²) in [6.07, 6.45) is 0. The van der Waals surface area contributed by atoms with E-state index >= 15 is 0 Å². The maximum Gasteiger partial charge on any atom is 0.267 e. The van der Waals surface area contributed by atoms with Gasteiger partial charge in [-0.3, -0.25) is 14.4 Å². The fraction of sp³-hybridized carbons (Fsp3) is 0.0455. The van der Waals surface area contributed by atoms with E-state index in [4.69, 9.17) is 11.6 Å². The van der Waals surface area contributed by atoms with E-state index in [0.717, 1.165) is 10.5 Å². The van der Waals surface area contributed by atoms with Gasteiger partial charge < -0.3 is 5.32 Å². The molecule has 0 aliphatic carbocycles. The van der Waals surface area contributed by atoms with Gasteiger partial charge in [0.15, 0.2) is 0 Å². The average Bonchev–Trinajstić information content (AvgIpc) is 3.03. The lowest BCUT2D eigenvalue weighted by Crippen LogP contribution is -2.29. The Bertz CT molecular complexity index is 1300. The lowest BCUT2D eigenvalue weighted by atomic mass is 10.1. The quantitative estimate of drug-likeness (QED) is 0.172. The molecule has 0 saturated heterocycles. The topological polar surface area (TPSA) is 66.5 Å². The number of carbonyl (C=O) groups is 3. The number of halogens is 5. The fourth-order valence-corrected chi connectivity index (χ4v) is 5.92. The van der Waals surface area contributed by atoms with Crippen LogP contribution in [0.3, 0.4) is 0 Å². The summed E-state index contributed by atoms with van der Waals surface area (Å²) in [4.78, 5) is 40.3. The number of carbonyl (C=O) groups excluding carboxylic acids is 3. The van der Waals surface area contributed by atoms with Crippen molar-refractivity contribution in [1.82, 2.24) is 0 Å². The van der Waals surface area contributed by atoms with Crippen LogP contribution < -0.4 is 10.2 Å². The Hall–Kier alpha value is -1.52. The van der Waals surface area contributed by atoms with Gasteiger partial charge in [0.1, 0.15) is 0 Å². The number of amides is 3. The van der Waals surface area contributed by atoms with E-state index in [-0.39, 0.29) is 22.7 Å². The Morgan fingerprint density at radius 3 is 2.06 bits per heavy atom. The SMILES string of the molecule is Cc1ccc(Cl)cc1NC(=O)c1cccc(N2C(=O)c3c(Br)c(Br)c(Br)c(Br)c3C2=O)c1. The Labute approximate surface area is 222 Å². The highest BCUT2D eigenvalue weighted by molar-refractivity contribution is 9.15. The van der Waals surface area contributed by atoms with Crippen molar-refractivity contribution in [2.24, 2.45) is 0 Å². The minimum Gasteiger partial charge on any atom is -0.322 e. The molecule has 3 amide bonds. The van der Waals surface area contributed by atoms with Crippen LogP contribution in [0.4, 0.5) is 11.4 Å². The summed E-state index contributed by atoms with van der Waals surface area (Å²) in [5.41, 5.74) is 2.49. The Kier molecular flexibility index (Phi) is 6.66. The molecule has 162 valence electrons. The zero-order chi connectivity index (χ0) is 23.3. The summed E-state index contributed by atoms with van der Waals surface area (Å²) in [6.45, 7) is 1.85. The molecule has 10 heteroatoms. The van der Waals surface area contributed by atoms with Crippen molar-refractivity contribution in [3.63, 3.8) is 0 Å². The Morgan fingerprint density at radius 2 is 1.47 bits per heavy atom. The molecule has 1 aliphatic rings. The third-order valence-corrected chi connectivity index (χ3v) is 9.92. The summed E-state index contributed by atoms with van der Waals surface area (Å²) in [7, 11) is 0. The minimum absolute atomic E-state index is 0.237. The number of anilines is 2. The largest absolute Gasteiger partial charge is 0.322 e. The van der Waals surface area contributed by atoms with E-state index in [2.05, 4.69) is 69.0 Å². The van der Waals surface area contributed by atoms with E-state index in [9.17, 15) is 14.4 Å². The molecule has 0 radical (unpaired) electrons. The second-order valence-corrected chi connectivity index (χ2v) is 10.5. The van der Waals surface area contributed by atoms with Gasteiger partial charge in [-0.2, -0.15) is 0 Å². The zero-order valence-corrected chi connectivity index (χ0v) is 23.2. The normalized spacial score (nSPS) is 12.9. The van der Waals surface area contributed by atoms with Gasteiger partial charge >= 0.3 is 0 Å². The first-order chi connectivity index (χ1) is 15.1. The summed E-state index contributed by atoms with van der Waals surface area (Å²) in [6, 6.07) is 11.5. The predicted octanol–water partition coefficient (Wildman–Crippen LogP) is 7.75. The van der Waals surface area contributed by atoms with Crippen molar-refractivity contribution >= 4 is 104 Å². The second kappa shape index (κ2) is 9.02. The molecule has 0 aromatic heterocycles. The van der Waals surface area contributed by atoms with Gasteiger partial charge in [0.25, 0.3) is 17.7 Å². The smallest absolute Gasteiger partial charge is 0.267 e. The van der Waals surface area contributed by atoms with Crippen molar-refractivity contribution in [2.75, 3.05) is 10.2 Å². The molecule has 0 fully saturated rings. The summed E-state index contributed by atoms with van der Waals surface area (Å²) >= 11 is 19.7. The van der Waals surface area contributed by atoms with Gasteiger partial charge in [0, 0.05) is 34.2 Å². The van der Waals surface area contributed by atoms with Crippen LogP contribution >= 0.6 is 75.3 Å². The molecule has 1 aliphatic heterocycles. The molecule has 4 rings (SSSR count). The molecule has 5 nitrogen and oxygen atoms in total. The first kappa shape index (κ1) is 23.6. The summed E-state index contributed by atoms with van der Waals surface area (Å²) in [5, 5.41) is 3.32. The molecule has 0 atom stereocenters. The molecule has 32 heavy (non-hydrogen) atoms. The van der Waals surface area contributed by atoms with Gasteiger partial charge in [-0.05, 0) is 107 Å². The van der Waals surface area contributed by atoms with E-state index in [0.29, 0.717) is 34.2 Å². The van der Waals surface area contributed by atoms with Crippen LogP contribution in [0.5, 0.6) is 0 Å². The minimum atomic E-state index is -0.492. The third kappa shape index (κ3) is 3.98. The molecule has 1 N–H and O–H groups in total. The number of imide groups is 1. The van der Waals surface area contributed by atoms with Crippen LogP contribution in [0.2, 0.25) is 5.02 Å². The van der Waals surface area contributed by atoms with Crippen molar-refractivity contribution in [1.29, 1.82) is 0 Å². The predicted molar refractivity (Wildman–Crippen MR) is 139 cm³/mol. The lowest BCUT2D eigenvalue weighted by Gasteiger charge is -2.15.